The summed E-state index contributed by atoms with van der Waals surface area (Å²) in [5.41, 5.74) is 3.16. The van der Waals surface area contributed by atoms with Crippen molar-refractivity contribution in [3.8, 4) is 0 Å². The molecule has 0 aliphatic carbocycles. The lowest BCUT2D eigenvalue weighted by Crippen LogP contribution is -2.44. The highest BCUT2D eigenvalue weighted by molar-refractivity contribution is 6.42. The van der Waals surface area contributed by atoms with Gasteiger partial charge in [-0.05, 0) is 55.4 Å². The van der Waals surface area contributed by atoms with Crippen LogP contribution in [0.3, 0.4) is 0 Å². The number of rotatable bonds is 4. The van der Waals surface area contributed by atoms with Crippen LogP contribution in [0.15, 0.2) is 36.4 Å². The van der Waals surface area contributed by atoms with E-state index in [1.54, 1.807) is 12.1 Å². The van der Waals surface area contributed by atoms with E-state index in [0.29, 0.717) is 23.0 Å². The van der Waals surface area contributed by atoms with E-state index >= 15 is 0 Å². The first kappa shape index (κ1) is 19.5. The van der Waals surface area contributed by atoms with E-state index in [4.69, 9.17) is 34.8 Å². The van der Waals surface area contributed by atoms with Crippen LogP contribution in [0.4, 0.5) is 0 Å². The molecule has 3 nitrogen and oxygen atoms in total. The highest BCUT2D eigenvalue weighted by Gasteiger charge is 2.32. The lowest BCUT2D eigenvalue weighted by Gasteiger charge is -2.39. The van der Waals surface area contributed by atoms with Gasteiger partial charge in [0, 0.05) is 18.1 Å². The Labute approximate surface area is 169 Å². The SMILES string of the molecule is CN(C)CC1c2cccc(Cl)c2CCN1C(=O)Cc1ccc(Cl)c(Cl)c1. The van der Waals surface area contributed by atoms with Crippen LogP contribution in [-0.4, -0.2) is 42.9 Å². The van der Waals surface area contributed by atoms with Crippen molar-refractivity contribution in [1.82, 2.24) is 9.80 Å². The summed E-state index contributed by atoms with van der Waals surface area (Å²) in [7, 11) is 4.03. The Morgan fingerprint density at radius 1 is 1.12 bits per heavy atom. The fourth-order valence-electron chi connectivity index (χ4n) is 3.47. The molecule has 3 rings (SSSR count). The molecule has 0 spiro atoms. The summed E-state index contributed by atoms with van der Waals surface area (Å²) in [6.45, 7) is 1.41. The van der Waals surface area contributed by atoms with Gasteiger partial charge in [0.05, 0.1) is 22.5 Å². The van der Waals surface area contributed by atoms with E-state index in [1.165, 1.54) is 0 Å². The predicted octanol–water partition coefficient (Wildman–Crippen LogP) is 4.88. The van der Waals surface area contributed by atoms with Crippen LogP contribution in [0.25, 0.3) is 0 Å². The van der Waals surface area contributed by atoms with Crippen molar-refractivity contribution in [2.45, 2.75) is 18.9 Å². The molecule has 6 heteroatoms. The molecule has 0 bridgehead atoms. The Kier molecular flexibility index (Phi) is 6.13. The van der Waals surface area contributed by atoms with Gasteiger partial charge in [0.2, 0.25) is 5.91 Å². The Morgan fingerprint density at radius 2 is 1.88 bits per heavy atom. The molecule has 1 amide bonds. The van der Waals surface area contributed by atoms with Crippen molar-refractivity contribution in [3.05, 3.63) is 68.2 Å². The van der Waals surface area contributed by atoms with Crippen LogP contribution in [0.1, 0.15) is 22.7 Å². The molecule has 2 aromatic rings. The first-order valence-electron chi connectivity index (χ1n) is 8.52. The number of benzene rings is 2. The van der Waals surface area contributed by atoms with Crippen molar-refractivity contribution in [2.75, 3.05) is 27.2 Å². The minimum Gasteiger partial charge on any atom is -0.334 e. The van der Waals surface area contributed by atoms with Crippen LogP contribution in [-0.2, 0) is 17.6 Å². The normalized spacial score (nSPS) is 16.7. The highest BCUT2D eigenvalue weighted by Crippen LogP contribution is 2.34. The second-order valence-corrected chi connectivity index (χ2v) is 8.07. The summed E-state index contributed by atoms with van der Waals surface area (Å²) in [5.74, 6) is 0.0841. The average Bonchev–Trinajstić information content (AvgIpc) is 2.58. The number of nitrogens with zero attached hydrogens (tertiary/aromatic N) is 2. The van der Waals surface area contributed by atoms with Crippen molar-refractivity contribution < 1.29 is 4.79 Å². The van der Waals surface area contributed by atoms with Crippen LogP contribution < -0.4 is 0 Å². The van der Waals surface area contributed by atoms with Gasteiger partial charge in [0.1, 0.15) is 0 Å². The molecule has 1 heterocycles. The van der Waals surface area contributed by atoms with Crippen molar-refractivity contribution in [3.63, 3.8) is 0 Å². The van der Waals surface area contributed by atoms with E-state index in [1.807, 2.05) is 37.2 Å². The number of likely N-dealkylation sites (N-methyl/N-ethyl adjacent to an activating group) is 1. The molecule has 1 aliphatic heterocycles. The van der Waals surface area contributed by atoms with E-state index < -0.39 is 0 Å². The zero-order valence-corrected chi connectivity index (χ0v) is 17.1. The molecule has 1 unspecified atom stereocenters. The topological polar surface area (TPSA) is 23.6 Å². The number of halogens is 3. The minimum atomic E-state index is -0.0114. The maximum atomic E-state index is 13.0. The molecule has 0 fully saturated rings. The fourth-order valence-corrected chi connectivity index (χ4v) is 4.07. The monoisotopic (exact) mass is 410 g/mol. The van der Waals surface area contributed by atoms with Crippen LogP contribution in [0, 0.1) is 0 Å². The average molecular weight is 412 g/mol. The summed E-state index contributed by atoms with van der Waals surface area (Å²) in [4.78, 5) is 17.1. The first-order valence-corrected chi connectivity index (χ1v) is 9.65. The van der Waals surface area contributed by atoms with Crippen LogP contribution in [0.2, 0.25) is 15.1 Å². The maximum Gasteiger partial charge on any atom is 0.227 e. The lowest BCUT2D eigenvalue weighted by molar-refractivity contribution is -0.133. The van der Waals surface area contributed by atoms with Gasteiger partial charge in [-0.2, -0.15) is 0 Å². The molecule has 0 N–H and O–H groups in total. The number of amides is 1. The third-order valence-electron chi connectivity index (χ3n) is 4.69. The molecule has 0 radical (unpaired) electrons. The summed E-state index contributed by atoms with van der Waals surface area (Å²) in [6.07, 6.45) is 1.07. The summed E-state index contributed by atoms with van der Waals surface area (Å²) in [6, 6.07) is 11.3. The zero-order chi connectivity index (χ0) is 18.8. The maximum absolute atomic E-state index is 13.0. The van der Waals surface area contributed by atoms with E-state index in [0.717, 1.165) is 34.7 Å². The van der Waals surface area contributed by atoms with Crippen LogP contribution in [0.5, 0.6) is 0 Å². The second-order valence-electron chi connectivity index (χ2n) is 6.85. The first-order chi connectivity index (χ1) is 12.4. The van der Waals surface area contributed by atoms with Gasteiger partial charge >= 0.3 is 0 Å². The lowest BCUT2D eigenvalue weighted by atomic mass is 9.91. The molecule has 26 heavy (non-hydrogen) atoms. The third-order valence-corrected chi connectivity index (χ3v) is 5.78. The fraction of sp³-hybridized carbons (Fsp3) is 0.350. The molecular formula is C20H21Cl3N2O. The third kappa shape index (κ3) is 4.17. The smallest absolute Gasteiger partial charge is 0.227 e. The molecule has 0 saturated heterocycles. The Bertz CT molecular complexity index is 823. The van der Waals surface area contributed by atoms with Gasteiger partial charge in [-0.15, -0.1) is 0 Å². The number of carbonyl (C=O) groups is 1. The molecule has 0 saturated carbocycles. The molecule has 1 aliphatic rings. The van der Waals surface area contributed by atoms with Gasteiger partial charge in [0.15, 0.2) is 0 Å². The Hall–Kier alpha value is -1.26. The summed E-state index contributed by atoms with van der Waals surface area (Å²) in [5, 5.41) is 1.75. The van der Waals surface area contributed by atoms with Gasteiger partial charge in [-0.1, -0.05) is 53.0 Å². The molecule has 2 aromatic carbocycles. The van der Waals surface area contributed by atoms with E-state index in [-0.39, 0.29) is 11.9 Å². The van der Waals surface area contributed by atoms with Crippen molar-refractivity contribution in [1.29, 1.82) is 0 Å². The van der Waals surface area contributed by atoms with Gasteiger partial charge in [-0.25, -0.2) is 0 Å². The molecular weight excluding hydrogens is 391 g/mol. The van der Waals surface area contributed by atoms with E-state index in [9.17, 15) is 4.79 Å². The van der Waals surface area contributed by atoms with Gasteiger partial charge < -0.3 is 9.80 Å². The molecule has 138 valence electrons. The minimum absolute atomic E-state index is 0.0114. The van der Waals surface area contributed by atoms with Crippen molar-refractivity contribution >= 4 is 40.7 Å². The number of hydrogen-bond acceptors (Lipinski definition) is 2. The van der Waals surface area contributed by atoms with Crippen molar-refractivity contribution in [2.24, 2.45) is 0 Å². The predicted molar refractivity (Wildman–Crippen MR) is 108 cm³/mol. The summed E-state index contributed by atoms with van der Waals surface area (Å²) >= 11 is 18.4. The molecule has 1 atom stereocenters. The Balaban J connectivity index is 1.87. The number of fused-ring (bicyclic) bond motifs is 1. The van der Waals surface area contributed by atoms with Gasteiger partial charge in [-0.3, -0.25) is 4.79 Å². The number of hydrogen-bond donors (Lipinski definition) is 0. The summed E-state index contributed by atoms with van der Waals surface area (Å²) < 4.78 is 0. The standard InChI is InChI=1S/C20H21Cl3N2O/c1-24(2)12-19-15-4-3-5-16(21)14(15)8-9-25(19)20(26)11-13-6-7-17(22)18(23)10-13/h3-7,10,19H,8-9,11-12H2,1-2H3. The second kappa shape index (κ2) is 8.18. The zero-order valence-electron chi connectivity index (χ0n) is 14.8. The Morgan fingerprint density at radius 3 is 2.58 bits per heavy atom. The van der Waals surface area contributed by atoms with Gasteiger partial charge in [0.25, 0.3) is 0 Å². The molecule has 0 aromatic heterocycles. The number of carbonyl (C=O) groups excluding carboxylic acids is 1. The highest BCUT2D eigenvalue weighted by atomic mass is 35.5. The van der Waals surface area contributed by atoms with E-state index in [2.05, 4.69) is 11.0 Å². The quantitative estimate of drug-likeness (QED) is 0.716. The van der Waals surface area contributed by atoms with Crippen LogP contribution >= 0.6 is 34.8 Å². The largest absolute Gasteiger partial charge is 0.334 e.